The SMILES string of the molecule is Cn1cc(C2CN(S(=O)(=O)c3ccc4c(c3)OCCO4)CCO2)cn1. The lowest BCUT2D eigenvalue weighted by molar-refractivity contribution is -0.00259. The van der Waals surface area contributed by atoms with Crippen molar-refractivity contribution in [3.05, 3.63) is 36.2 Å². The number of nitrogens with zero attached hydrogens (tertiary/aromatic N) is 3. The molecule has 4 rings (SSSR count). The highest BCUT2D eigenvalue weighted by molar-refractivity contribution is 7.89. The summed E-state index contributed by atoms with van der Waals surface area (Å²) in [6.07, 6.45) is 3.21. The standard InChI is InChI=1S/C16H19N3O5S/c1-18-10-12(9-17-18)16-11-19(4-5-22-16)25(20,21)13-2-3-14-15(8-13)24-7-6-23-14/h2-3,8-10,16H,4-7,11H2,1H3. The molecule has 0 bridgehead atoms. The fourth-order valence-corrected chi connectivity index (χ4v) is 4.43. The van der Waals surface area contributed by atoms with Crippen molar-refractivity contribution in [2.45, 2.75) is 11.0 Å². The Bertz CT molecular complexity index is 880. The minimum Gasteiger partial charge on any atom is -0.486 e. The molecule has 1 atom stereocenters. The van der Waals surface area contributed by atoms with Crippen molar-refractivity contribution in [1.82, 2.24) is 14.1 Å². The van der Waals surface area contributed by atoms with E-state index in [4.69, 9.17) is 14.2 Å². The van der Waals surface area contributed by atoms with Crippen LogP contribution in [0.25, 0.3) is 0 Å². The summed E-state index contributed by atoms with van der Waals surface area (Å²) in [6, 6.07) is 4.72. The molecule has 1 fully saturated rings. The van der Waals surface area contributed by atoms with Gasteiger partial charge in [0.25, 0.3) is 0 Å². The van der Waals surface area contributed by atoms with E-state index in [1.54, 1.807) is 23.0 Å². The van der Waals surface area contributed by atoms with E-state index in [1.165, 1.54) is 10.4 Å². The van der Waals surface area contributed by atoms with Crippen LogP contribution in [0.3, 0.4) is 0 Å². The predicted molar refractivity (Wildman–Crippen MR) is 88.1 cm³/mol. The molecule has 2 aliphatic rings. The van der Waals surface area contributed by atoms with Crippen molar-refractivity contribution < 1.29 is 22.6 Å². The molecule has 1 aromatic carbocycles. The molecule has 1 unspecified atom stereocenters. The molecule has 9 heteroatoms. The van der Waals surface area contributed by atoms with Crippen LogP contribution in [0.2, 0.25) is 0 Å². The van der Waals surface area contributed by atoms with Gasteiger partial charge in [-0.1, -0.05) is 0 Å². The van der Waals surface area contributed by atoms with Gasteiger partial charge in [-0.15, -0.1) is 0 Å². The van der Waals surface area contributed by atoms with Gasteiger partial charge in [0.15, 0.2) is 11.5 Å². The van der Waals surface area contributed by atoms with E-state index in [1.807, 2.05) is 13.2 Å². The van der Waals surface area contributed by atoms with Crippen molar-refractivity contribution in [2.24, 2.45) is 7.05 Å². The van der Waals surface area contributed by atoms with Gasteiger partial charge in [0.2, 0.25) is 10.0 Å². The van der Waals surface area contributed by atoms with Crippen molar-refractivity contribution in [3.8, 4) is 11.5 Å². The Morgan fingerprint density at radius 2 is 1.96 bits per heavy atom. The first kappa shape index (κ1) is 16.4. The van der Waals surface area contributed by atoms with Crippen LogP contribution in [0.15, 0.2) is 35.5 Å². The third-order valence-electron chi connectivity index (χ3n) is 4.28. The number of morpholine rings is 1. The van der Waals surface area contributed by atoms with Gasteiger partial charge >= 0.3 is 0 Å². The minimum atomic E-state index is -3.64. The molecular weight excluding hydrogens is 346 g/mol. The Labute approximate surface area is 145 Å². The zero-order valence-electron chi connectivity index (χ0n) is 13.8. The van der Waals surface area contributed by atoms with Crippen molar-refractivity contribution >= 4 is 10.0 Å². The van der Waals surface area contributed by atoms with Crippen LogP contribution in [0.4, 0.5) is 0 Å². The second-order valence-corrected chi connectivity index (χ2v) is 7.91. The smallest absolute Gasteiger partial charge is 0.243 e. The van der Waals surface area contributed by atoms with Crippen molar-refractivity contribution in [3.63, 3.8) is 0 Å². The molecule has 1 saturated heterocycles. The van der Waals surface area contributed by atoms with Crippen LogP contribution in [0.1, 0.15) is 11.7 Å². The second-order valence-electron chi connectivity index (χ2n) is 5.98. The number of benzene rings is 1. The first-order chi connectivity index (χ1) is 12.0. The molecule has 0 N–H and O–H groups in total. The topological polar surface area (TPSA) is 82.9 Å². The molecule has 25 heavy (non-hydrogen) atoms. The maximum Gasteiger partial charge on any atom is 0.243 e. The third-order valence-corrected chi connectivity index (χ3v) is 6.14. The fraction of sp³-hybridized carbons (Fsp3) is 0.438. The first-order valence-electron chi connectivity index (χ1n) is 8.04. The molecule has 0 amide bonds. The lowest BCUT2D eigenvalue weighted by Gasteiger charge is -2.32. The summed E-state index contributed by atoms with van der Waals surface area (Å²) >= 11 is 0. The average molecular weight is 365 g/mol. The number of sulfonamides is 1. The molecule has 0 saturated carbocycles. The Morgan fingerprint density at radius 3 is 2.72 bits per heavy atom. The Balaban J connectivity index is 1.59. The molecule has 3 heterocycles. The number of aromatic nitrogens is 2. The molecule has 2 aliphatic heterocycles. The number of rotatable bonds is 3. The van der Waals surface area contributed by atoms with Gasteiger partial charge in [-0.05, 0) is 12.1 Å². The molecule has 1 aromatic heterocycles. The molecule has 2 aromatic rings. The van der Waals surface area contributed by atoms with Crippen LogP contribution in [-0.4, -0.2) is 55.4 Å². The van der Waals surface area contributed by atoms with E-state index in [9.17, 15) is 8.42 Å². The Morgan fingerprint density at radius 1 is 1.16 bits per heavy atom. The number of hydrogen-bond acceptors (Lipinski definition) is 6. The Kier molecular flexibility index (Phi) is 4.14. The summed E-state index contributed by atoms with van der Waals surface area (Å²) in [6.45, 7) is 1.78. The molecule has 0 spiro atoms. The van der Waals surface area contributed by atoms with Crippen molar-refractivity contribution in [2.75, 3.05) is 32.9 Å². The lowest BCUT2D eigenvalue weighted by Crippen LogP contribution is -2.42. The van der Waals surface area contributed by atoms with Gasteiger partial charge in [-0.2, -0.15) is 9.40 Å². The number of ether oxygens (including phenoxy) is 3. The van der Waals surface area contributed by atoms with Crippen LogP contribution >= 0.6 is 0 Å². The van der Waals surface area contributed by atoms with Gasteiger partial charge < -0.3 is 14.2 Å². The number of aryl methyl sites for hydroxylation is 1. The normalized spacial score (nSPS) is 21.2. The summed E-state index contributed by atoms with van der Waals surface area (Å²) in [7, 11) is -1.82. The molecule has 134 valence electrons. The van der Waals surface area contributed by atoms with E-state index >= 15 is 0 Å². The number of hydrogen-bond donors (Lipinski definition) is 0. The highest BCUT2D eigenvalue weighted by atomic mass is 32.2. The van der Waals surface area contributed by atoms with Gasteiger partial charge in [-0.25, -0.2) is 8.42 Å². The predicted octanol–water partition coefficient (Wildman–Crippen LogP) is 0.954. The maximum absolute atomic E-state index is 13.0. The highest BCUT2D eigenvalue weighted by Crippen LogP contribution is 2.34. The molecule has 0 aliphatic carbocycles. The zero-order valence-corrected chi connectivity index (χ0v) is 14.6. The summed E-state index contributed by atoms with van der Waals surface area (Å²) in [5, 5.41) is 4.12. The molecule has 0 radical (unpaired) electrons. The van der Waals surface area contributed by atoms with E-state index in [0.717, 1.165) is 5.56 Å². The number of fused-ring (bicyclic) bond motifs is 1. The van der Waals surface area contributed by atoms with Gasteiger partial charge in [0.05, 0.1) is 23.8 Å². The average Bonchev–Trinajstić information content (AvgIpc) is 3.08. The van der Waals surface area contributed by atoms with E-state index in [-0.39, 0.29) is 17.5 Å². The van der Waals surface area contributed by atoms with E-state index in [2.05, 4.69) is 5.10 Å². The monoisotopic (exact) mass is 365 g/mol. The molecule has 8 nitrogen and oxygen atoms in total. The maximum atomic E-state index is 13.0. The summed E-state index contributed by atoms with van der Waals surface area (Å²) < 4.78 is 45.8. The van der Waals surface area contributed by atoms with Crippen LogP contribution in [-0.2, 0) is 21.8 Å². The largest absolute Gasteiger partial charge is 0.486 e. The molecular formula is C16H19N3O5S. The minimum absolute atomic E-state index is 0.198. The van der Waals surface area contributed by atoms with Crippen molar-refractivity contribution in [1.29, 1.82) is 0 Å². The third kappa shape index (κ3) is 3.10. The quantitative estimate of drug-likeness (QED) is 0.806. The highest BCUT2D eigenvalue weighted by Gasteiger charge is 2.32. The fourth-order valence-electron chi connectivity index (χ4n) is 2.99. The van der Waals surface area contributed by atoms with Crippen LogP contribution in [0.5, 0.6) is 11.5 Å². The lowest BCUT2D eigenvalue weighted by atomic mass is 10.2. The Hall–Kier alpha value is -2.10. The van der Waals surface area contributed by atoms with Crippen LogP contribution in [0, 0.1) is 0 Å². The summed E-state index contributed by atoms with van der Waals surface area (Å²) in [5.74, 6) is 1.03. The van der Waals surface area contributed by atoms with E-state index < -0.39 is 10.0 Å². The van der Waals surface area contributed by atoms with E-state index in [0.29, 0.717) is 37.9 Å². The zero-order chi connectivity index (χ0) is 17.4. The van der Waals surface area contributed by atoms with Gasteiger partial charge in [0, 0.05) is 38.0 Å². The second kappa shape index (κ2) is 6.32. The first-order valence-corrected chi connectivity index (χ1v) is 9.48. The summed E-state index contributed by atoms with van der Waals surface area (Å²) in [4.78, 5) is 0.198. The summed E-state index contributed by atoms with van der Waals surface area (Å²) in [5.41, 5.74) is 0.865. The van der Waals surface area contributed by atoms with Gasteiger partial charge in [0.1, 0.15) is 13.2 Å². The van der Waals surface area contributed by atoms with Crippen LogP contribution < -0.4 is 9.47 Å². The van der Waals surface area contributed by atoms with Gasteiger partial charge in [-0.3, -0.25) is 4.68 Å².